The van der Waals surface area contributed by atoms with E-state index in [-0.39, 0.29) is 22.5 Å². The fourth-order valence-corrected chi connectivity index (χ4v) is 5.58. The predicted octanol–water partition coefficient (Wildman–Crippen LogP) is 0.260. The van der Waals surface area contributed by atoms with E-state index in [0.717, 1.165) is 30.8 Å². The van der Waals surface area contributed by atoms with Gasteiger partial charge >= 0.3 is 0 Å². The number of thiophene rings is 1. The van der Waals surface area contributed by atoms with Gasteiger partial charge in [-0.15, -0.1) is 11.3 Å². The second-order valence-corrected chi connectivity index (χ2v) is 10.6. The minimum absolute atomic E-state index is 0.0248. The van der Waals surface area contributed by atoms with Crippen LogP contribution in [0.5, 0.6) is 0 Å². The Kier molecular flexibility index (Phi) is 6.57. The van der Waals surface area contributed by atoms with Crippen molar-refractivity contribution in [3.05, 3.63) is 17.0 Å². The van der Waals surface area contributed by atoms with E-state index in [4.69, 9.17) is 0 Å². The van der Waals surface area contributed by atoms with Gasteiger partial charge < -0.3 is 5.32 Å². The number of hydrogen-bond acceptors (Lipinski definition) is 6. The first-order valence-corrected chi connectivity index (χ1v) is 11.6. The van der Waals surface area contributed by atoms with Crippen LogP contribution in [0.4, 0.5) is 0 Å². The molecule has 0 spiro atoms. The number of rotatable bonds is 8. The zero-order chi connectivity index (χ0) is 16.9. The fraction of sp³-hybridized carbons (Fsp3) is 0.692. The summed E-state index contributed by atoms with van der Waals surface area (Å²) in [5.41, 5.74) is 0. The van der Waals surface area contributed by atoms with Crippen LogP contribution in [0.3, 0.4) is 0 Å². The van der Waals surface area contributed by atoms with E-state index in [9.17, 15) is 16.8 Å². The monoisotopic (exact) mass is 381 g/mol. The van der Waals surface area contributed by atoms with Crippen LogP contribution in [-0.4, -0.2) is 48.3 Å². The molecule has 10 heteroatoms. The van der Waals surface area contributed by atoms with Gasteiger partial charge in [0, 0.05) is 17.5 Å². The van der Waals surface area contributed by atoms with Crippen LogP contribution in [0.25, 0.3) is 0 Å². The third-order valence-electron chi connectivity index (χ3n) is 3.64. The first-order chi connectivity index (χ1) is 10.8. The van der Waals surface area contributed by atoms with E-state index >= 15 is 0 Å². The highest BCUT2D eigenvalue weighted by atomic mass is 32.2. The van der Waals surface area contributed by atoms with E-state index < -0.39 is 20.0 Å². The Bertz CT molecular complexity index is 707. The molecule has 132 valence electrons. The summed E-state index contributed by atoms with van der Waals surface area (Å²) in [5, 5.41) is 3.20. The summed E-state index contributed by atoms with van der Waals surface area (Å²) in [5.74, 6) is 0.0389. The van der Waals surface area contributed by atoms with E-state index in [1.807, 2.05) is 0 Å². The van der Waals surface area contributed by atoms with Crippen molar-refractivity contribution in [3.8, 4) is 0 Å². The summed E-state index contributed by atoms with van der Waals surface area (Å²) >= 11 is 1.19. The number of nitrogens with one attached hydrogen (secondary N) is 3. The molecule has 1 aromatic rings. The van der Waals surface area contributed by atoms with Crippen LogP contribution in [0.2, 0.25) is 0 Å². The molecule has 1 saturated heterocycles. The molecule has 1 fully saturated rings. The predicted molar refractivity (Wildman–Crippen MR) is 91.7 cm³/mol. The van der Waals surface area contributed by atoms with Gasteiger partial charge in [-0.25, -0.2) is 26.3 Å². The van der Waals surface area contributed by atoms with E-state index in [1.165, 1.54) is 11.3 Å². The van der Waals surface area contributed by atoms with Gasteiger partial charge in [0.15, 0.2) is 0 Å². The van der Waals surface area contributed by atoms with Gasteiger partial charge in [0.25, 0.3) is 0 Å². The van der Waals surface area contributed by atoms with Crippen LogP contribution < -0.4 is 14.8 Å². The molecule has 2 rings (SSSR count). The number of hydrogen-bond donors (Lipinski definition) is 3. The van der Waals surface area contributed by atoms with Crippen molar-refractivity contribution in [2.24, 2.45) is 0 Å². The van der Waals surface area contributed by atoms with Gasteiger partial charge in [-0.05, 0) is 51.4 Å². The topological polar surface area (TPSA) is 104 Å². The second-order valence-electron chi connectivity index (χ2n) is 5.41. The van der Waals surface area contributed by atoms with Crippen molar-refractivity contribution >= 4 is 31.4 Å². The van der Waals surface area contributed by atoms with Crippen LogP contribution in [0.1, 0.15) is 24.6 Å². The van der Waals surface area contributed by atoms with Crippen molar-refractivity contribution in [1.29, 1.82) is 0 Å². The molecule has 0 unspecified atom stereocenters. The summed E-state index contributed by atoms with van der Waals surface area (Å²) in [7, 11) is -6.71. The molecule has 23 heavy (non-hydrogen) atoms. The van der Waals surface area contributed by atoms with Crippen LogP contribution in [0, 0.1) is 0 Å². The Balaban J connectivity index is 1.92. The molecule has 1 aliphatic rings. The van der Waals surface area contributed by atoms with Crippen molar-refractivity contribution in [2.75, 3.05) is 25.4 Å². The van der Waals surface area contributed by atoms with Crippen LogP contribution in [0.15, 0.2) is 16.3 Å². The molecule has 0 aliphatic carbocycles. The Labute approximate surface area is 142 Å². The highest BCUT2D eigenvalue weighted by Crippen LogP contribution is 2.22. The molecular weight excluding hydrogens is 358 g/mol. The summed E-state index contributed by atoms with van der Waals surface area (Å²) < 4.78 is 52.9. The maximum Gasteiger partial charge on any atom is 0.250 e. The van der Waals surface area contributed by atoms with Gasteiger partial charge in [0.1, 0.15) is 4.21 Å². The molecule has 0 atom stereocenters. The third kappa shape index (κ3) is 5.80. The maximum atomic E-state index is 12.4. The Morgan fingerprint density at radius 2 is 1.91 bits per heavy atom. The van der Waals surface area contributed by atoms with Crippen LogP contribution >= 0.6 is 11.3 Å². The molecule has 0 amide bonds. The number of piperidine rings is 1. The Hall–Kier alpha value is -0.520. The highest BCUT2D eigenvalue weighted by molar-refractivity contribution is 7.91. The first-order valence-electron chi connectivity index (χ1n) is 7.61. The van der Waals surface area contributed by atoms with E-state index in [0.29, 0.717) is 6.42 Å². The molecule has 0 aromatic carbocycles. The standard InChI is InChI=1S/C13H23N3O4S3/c1-2-22(17,18)15-10-7-12-3-4-13(21-12)23(19,20)16-11-5-8-14-9-6-11/h3-4,11,14-16H,2,5-10H2,1H3. The molecule has 1 aromatic heterocycles. The van der Waals surface area contributed by atoms with Crippen molar-refractivity contribution < 1.29 is 16.8 Å². The molecule has 0 bridgehead atoms. The van der Waals surface area contributed by atoms with Gasteiger partial charge in [-0.3, -0.25) is 0 Å². The van der Waals surface area contributed by atoms with E-state index in [2.05, 4.69) is 14.8 Å². The van der Waals surface area contributed by atoms with Gasteiger partial charge in [-0.2, -0.15) is 0 Å². The third-order valence-corrected chi connectivity index (χ3v) is 8.20. The lowest BCUT2D eigenvalue weighted by Gasteiger charge is -2.23. The van der Waals surface area contributed by atoms with Gasteiger partial charge in [-0.1, -0.05) is 0 Å². The molecule has 1 aliphatic heterocycles. The van der Waals surface area contributed by atoms with Gasteiger partial charge in [0.2, 0.25) is 20.0 Å². The molecule has 3 N–H and O–H groups in total. The minimum Gasteiger partial charge on any atom is -0.317 e. The van der Waals surface area contributed by atoms with Crippen LogP contribution in [-0.2, 0) is 26.5 Å². The molecule has 7 nitrogen and oxygen atoms in total. The lowest BCUT2D eigenvalue weighted by molar-refractivity contribution is 0.427. The summed E-state index contributed by atoms with van der Waals surface area (Å²) in [6.45, 7) is 3.49. The fourth-order valence-electron chi connectivity index (χ4n) is 2.29. The largest absolute Gasteiger partial charge is 0.317 e. The molecular formula is C13H23N3O4S3. The maximum absolute atomic E-state index is 12.4. The van der Waals surface area contributed by atoms with Crippen molar-refractivity contribution in [3.63, 3.8) is 0 Å². The Morgan fingerprint density at radius 3 is 2.57 bits per heavy atom. The first kappa shape index (κ1) is 18.8. The zero-order valence-electron chi connectivity index (χ0n) is 13.0. The second kappa shape index (κ2) is 8.04. The highest BCUT2D eigenvalue weighted by Gasteiger charge is 2.23. The lowest BCUT2D eigenvalue weighted by atomic mass is 10.1. The summed E-state index contributed by atoms with van der Waals surface area (Å²) in [6, 6.07) is 3.29. The summed E-state index contributed by atoms with van der Waals surface area (Å²) in [6.07, 6.45) is 2.05. The van der Waals surface area contributed by atoms with Crippen molar-refractivity contribution in [1.82, 2.24) is 14.8 Å². The smallest absolute Gasteiger partial charge is 0.250 e. The van der Waals surface area contributed by atoms with Gasteiger partial charge in [0.05, 0.1) is 5.75 Å². The zero-order valence-corrected chi connectivity index (χ0v) is 15.5. The Morgan fingerprint density at radius 1 is 1.22 bits per heavy atom. The number of sulfonamides is 2. The average molecular weight is 382 g/mol. The quantitative estimate of drug-likeness (QED) is 0.599. The molecule has 2 heterocycles. The summed E-state index contributed by atoms with van der Waals surface area (Å²) in [4.78, 5) is 0.842. The minimum atomic E-state index is -3.50. The van der Waals surface area contributed by atoms with Crippen molar-refractivity contribution in [2.45, 2.75) is 36.4 Å². The SMILES string of the molecule is CCS(=O)(=O)NCCc1ccc(S(=O)(=O)NC2CCNCC2)s1. The normalized spacial score (nSPS) is 17.4. The lowest BCUT2D eigenvalue weighted by Crippen LogP contribution is -2.42. The molecule has 0 saturated carbocycles. The van der Waals surface area contributed by atoms with E-state index in [1.54, 1.807) is 19.1 Å². The average Bonchev–Trinajstić information content (AvgIpc) is 2.97. The molecule has 0 radical (unpaired) electrons.